The fourth-order valence-corrected chi connectivity index (χ4v) is 3.32. The number of piperidine rings is 1. The molecule has 114 valence electrons. The Morgan fingerprint density at radius 1 is 1.30 bits per heavy atom. The molecule has 0 aromatic heterocycles. The molecule has 2 rings (SSSR count). The molecule has 0 radical (unpaired) electrons. The molecule has 3 atom stereocenters. The lowest BCUT2D eigenvalue weighted by Gasteiger charge is -2.40. The average molecular weight is 282 g/mol. The highest BCUT2D eigenvalue weighted by molar-refractivity contribution is 5.80. The monoisotopic (exact) mass is 282 g/mol. The molecule has 2 aliphatic heterocycles. The van der Waals surface area contributed by atoms with Gasteiger partial charge in [0.25, 0.3) is 0 Å². The minimum absolute atomic E-state index is 0.0439. The van der Waals surface area contributed by atoms with Crippen LogP contribution in [0.2, 0.25) is 0 Å². The summed E-state index contributed by atoms with van der Waals surface area (Å²) in [5, 5.41) is 12.6. The van der Waals surface area contributed by atoms with Crippen LogP contribution < -0.4 is 5.32 Å². The number of carboxylic acid groups (broad SMARTS) is 1. The second-order valence-corrected chi connectivity index (χ2v) is 6.89. The van der Waals surface area contributed by atoms with Crippen LogP contribution in [0.1, 0.15) is 33.6 Å². The van der Waals surface area contributed by atoms with Gasteiger partial charge >= 0.3 is 5.97 Å². The molecule has 0 bridgehead atoms. The van der Waals surface area contributed by atoms with Crippen molar-refractivity contribution in [3.8, 4) is 0 Å². The van der Waals surface area contributed by atoms with Crippen LogP contribution in [0.15, 0.2) is 0 Å². The SMILES string of the molecule is CC1CNCC1C(=O)N1CCCC(C(C)(C)C(=O)O)C1. The van der Waals surface area contributed by atoms with Crippen LogP contribution in [0.5, 0.6) is 0 Å². The Morgan fingerprint density at radius 3 is 2.55 bits per heavy atom. The smallest absolute Gasteiger partial charge is 0.309 e. The molecule has 2 aliphatic rings. The maximum atomic E-state index is 12.6. The molecular formula is C15H26N2O3. The molecule has 5 nitrogen and oxygen atoms in total. The van der Waals surface area contributed by atoms with Gasteiger partial charge in [-0.2, -0.15) is 0 Å². The second kappa shape index (κ2) is 5.72. The summed E-state index contributed by atoms with van der Waals surface area (Å²) >= 11 is 0. The summed E-state index contributed by atoms with van der Waals surface area (Å²) in [4.78, 5) is 25.9. The molecular weight excluding hydrogens is 256 g/mol. The van der Waals surface area contributed by atoms with Gasteiger partial charge in [0, 0.05) is 19.6 Å². The predicted molar refractivity (Wildman–Crippen MR) is 76.2 cm³/mol. The van der Waals surface area contributed by atoms with Crippen LogP contribution in [0.3, 0.4) is 0 Å². The van der Waals surface area contributed by atoms with Crippen molar-refractivity contribution in [1.82, 2.24) is 10.2 Å². The zero-order valence-corrected chi connectivity index (χ0v) is 12.7. The Kier molecular flexibility index (Phi) is 4.37. The molecule has 2 heterocycles. The van der Waals surface area contributed by atoms with E-state index in [1.54, 1.807) is 13.8 Å². The third-order valence-electron chi connectivity index (χ3n) is 5.14. The predicted octanol–water partition coefficient (Wildman–Crippen LogP) is 1.19. The Bertz CT molecular complexity index is 395. The van der Waals surface area contributed by atoms with Crippen LogP contribution in [-0.4, -0.2) is 48.1 Å². The van der Waals surface area contributed by atoms with Crippen molar-refractivity contribution in [3.05, 3.63) is 0 Å². The number of hydrogen-bond donors (Lipinski definition) is 2. The van der Waals surface area contributed by atoms with Gasteiger partial charge in [-0.25, -0.2) is 0 Å². The molecule has 0 aliphatic carbocycles. The Morgan fingerprint density at radius 2 is 2.00 bits per heavy atom. The zero-order chi connectivity index (χ0) is 14.9. The quantitative estimate of drug-likeness (QED) is 0.816. The maximum absolute atomic E-state index is 12.6. The average Bonchev–Trinajstić information content (AvgIpc) is 2.84. The molecule has 0 aromatic carbocycles. The third-order valence-corrected chi connectivity index (χ3v) is 5.14. The number of amides is 1. The van der Waals surface area contributed by atoms with Crippen molar-refractivity contribution < 1.29 is 14.7 Å². The van der Waals surface area contributed by atoms with E-state index in [-0.39, 0.29) is 17.7 Å². The standard InChI is InChI=1S/C15H26N2O3/c1-10-7-16-8-12(10)13(18)17-6-4-5-11(9-17)15(2,3)14(19)20/h10-12,16H,4-9H2,1-3H3,(H,19,20). The number of rotatable bonds is 3. The summed E-state index contributed by atoms with van der Waals surface area (Å²) in [6.45, 7) is 8.65. The summed E-state index contributed by atoms with van der Waals surface area (Å²) in [5.74, 6) is -0.0968. The van der Waals surface area contributed by atoms with Crippen molar-refractivity contribution in [2.45, 2.75) is 33.6 Å². The number of likely N-dealkylation sites (tertiary alicyclic amines) is 1. The van der Waals surface area contributed by atoms with Crippen LogP contribution >= 0.6 is 0 Å². The fraction of sp³-hybridized carbons (Fsp3) is 0.867. The lowest BCUT2D eigenvalue weighted by atomic mass is 9.74. The Labute approximate surface area is 120 Å². The molecule has 0 aromatic rings. The summed E-state index contributed by atoms with van der Waals surface area (Å²) < 4.78 is 0. The summed E-state index contributed by atoms with van der Waals surface area (Å²) in [6, 6.07) is 0. The van der Waals surface area contributed by atoms with Gasteiger partial charge < -0.3 is 15.3 Å². The summed E-state index contributed by atoms with van der Waals surface area (Å²) in [6.07, 6.45) is 1.79. The first-order chi connectivity index (χ1) is 9.34. The molecule has 2 saturated heterocycles. The topological polar surface area (TPSA) is 69.6 Å². The van der Waals surface area contributed by atoms with Gasteiger partial charge in [-0.05, 0) is 45.1 Å². The molecule has 5 heteroatoms. The molecule has 0 saturated carbocycles. The highest BCUT2D eigenvalue weighted by atomic mass is 16.4. The third kappa shape index (κ3) is 2.82. The van der Waals surface area contributed by atoms with Gasteiger partial charge in [-0.1, -0.05) is 6.92 Å². The number of aliphatic carboxylic acids is 1. The minimum Gasteiger partial charge on any atom is -0.481 e. The van der Waals surface area contributed by atoms with E-state index in [4.69, 9.17) is 0 Å². The second-order valence-electron chi connectivity index (χ2n) is 6.89. The lowest BCUT2D eigenvalue weighted by molar-refractivity contribution is -0.153. The Balaban J connectivity index is 2.03. The number of carbonyl (C=O) groups excluding carboxylic acids is 1. The molecule has 2 N–H and O–H groups in total. The van der Waals surface area contributed by atoms with Gasteiger partial charge in [-0.15, -0.1) is 0 Å². The van der Waals surface area contributed by atoms with Crippen LogP contribution in [0.25, 0.3) is 0 Å². The van der Waals surface area contributed by atoms with E-state index in [2.05, 4.69) is 12.2 Å². The molecule has 20 heavy (non-hydrogen) atoms. The minimum atomic E-state index is -0.771. The maximum Gasteiger partial charge on any atom is 0.309 e. The van der Waals surface area contributed by atoms with E-state index < -0.39 is 11.4 Å². The highest BCUT2D eigenvalue weighted by Crippen LogP contribution is 2.35. The summed E-state index contributed by atoms with van der Waals surface area (Å²) in [5.41, 5.74) is -0.765. The molecule has 3 unspecified atom stereocenters. The van der Waals surface area contributed by atoms with Crippen LogP contribution in [0.4, 0.5) is 0 Å². The van der Waals surface area contributed by atoms with Crippen LogP contribution in [-0.2, 0) is 9.59 Å². The van der Waals surface area contributed by atoms with E-state index in [0.717, 1.165) is 32.5 Å². The lowest BCUT2D eigenvalue weighted by Crippen LogP contribution is -2.49. The first kappa shape index (κ1) is 15.3. The first-order valence-electron chi connectivity index (χ1n) is 7.57. The van der Waals surface area contributed by atoms with Gasteiger partial charge in [0.2, 0.25) is 5.91 Å². The van der Waals surface area contributed by atoms with Gasteiger partial charge in [0.05, 0.1) is 11.3 Å². The molecule has 2 fully saturated rings. The highest BCUT2D eigenvalue weighted by Gasteiger charge is 2.41. The van der Waals surface area contributed by atoms with E-state index in [0.29, 0.717) is 12.5 Å². The first-order valence-corrected chi connectivity index (χ1v) is 7.57. The number of carbonyl (C=O) groups is 2. The van der Waals surface area contributed by atoms with E-state index in [9.17, 15) is 14.7 Å². The number of nitrogens with zero attached hydrogens (tertiary/aromatic N) is 1. The number of nitrogens with one attached hydrogen (secondary N) is 1. The van der Waals surface area contributed by atoms with Gasteiger partial charge in [0.1, 0.15) is 0 Å². The van der Waals surface area contributed by atoms with Crippen molar-refractivity contribution in [2.24, 2.45) is 23.2 Å². The van der Waals surface area contributed by atoms with E-state index in [1.165, 1.54) is 0 Å². The van der Waals surface area contributed by atoms with Crippen molar-refractivity contribution in [3.63, 3.8) is 0 Å². The van der Waals surface area contributed by atoms with E-state index in [1.807, 2.05) is 4.90 Å². The van der Waals surface area contributed by atoms with E-state index >= 15 is 0 Å². The van der Waals surface area contributed by atoms with Crippen molar-refractivity contribution in [1.29, 1.82) is 0 Å². The number of hydrogen-bond acceptors (Lipinski definition) is 3. The Hall–Kier alpha value is -1.10. The van der Waals surface area contributed by atoms with Crippen molar-refractivity contribution >= 4 is 11.9 Å². The van der Waals surface area contributed by atoms with Crippen LogP contribution in [0, 0.1) is 23.2 Å². The van der Waals surface area contributed by atoms with Gasteiger partial charge in [0.15, 0.2) is 0 Å². The molecule has 1 amide bonds. The number of carboxylic acids is 1. The van der Waals surface area contributed by atoms with Crippen molar-refractivity contribution in [2.75, 3.05) is 26.2 Å². The fourth-order valence-electron chi connectivity index (χ4n) is 3.32. The van der Waals surface area contributed by atoms with Gasteiger partial charge in [-0.3, -0.25) is 9.59 Å². The normalized spacial score (nSPS) is 31.4. The largest absolute Gasteiger partial charge is 0.481 e. The zero-order valence-electron chi connectivity index (χ0n) is 12.7. The molecule has 0 spiro atoms. The summed E-state index contributed by atoms with van der Waals surface area (Å²) in [7, 11) is 0.